The Bertz CT molecular complexity index is 1110. The third-order valence-corrected chi connectivity index (χ3v) is 7.78. The number of hydrogen-bond donors (Lipinski definition) is 11. The van der Waals surface area contributed by atoms with Crippen molar-refractivity contribution in [2.45, 2.75) is 102 Å². The number of nitrogens with one attached hydrogen (secondary N) is 7. The summed E-state index contributed by atoms with van der Waals surface area (Å²) in [5.41, 5.74) is 21.2. The summed E-state index contributed by atoms with van der Waals surface area (Å²) in [5.74, 6) is -3.04. The average molecular weight is 728 g/mol. The van der Waals surface area contributed by atoms with E-state index in [-0.39, 0.29) is 87.4 Å². The zero-order valence-corrected chi connectivity index (χ0v) is 29.9. The Hall–Kier alpha value is -4.20. The van der Waals surface area contributed by atoms with Crippen LogP contribution < -0.4 is 60.2 Å². The van der Waals surface area contributed by atoms with Crippen LogP contribution in [0.2, 0.25) is 0 Å². The first-order valence-corrected chi connectivity index (χ1v) is 17.7. The van der Waals surface area contributed by atoms with E-state index in [0.717, 1.165) is 0 Å². The molecular weight excluding hydrogens is 666 g/mol. The lowest BCUT2D eigenvalue weighted by Gasteiger charge is -2.20. The van der Waals surface area contributed by atoms with Gasteiger partial charge in [0.1, 0.15) is 6.04 Å². The Morgan fingerprint density at radius 2 is 0.922 bits per heavy atom. The molecule has 0 aliphatic carbocycles. The molecule has 0 fully saturated rings. The maximum atomic E-state index is 12.7. The fourth-order valence-corrected chi connectivity index (χ4v) is 4.83. The zero-order valence-electron chi connectivity index (χ0n) is 29.9. The molecule has 19 nitrogen and oxygen atoms in total. The van der Waals surface area contributed by atoms with Crippen molar-refractivity contribution < 1.29 is 38.4 Å². The van der Waals surface area contributed by atoms with Gasteiger partial charge in [0.25, 0.3) is 0 Å². The highest BCUT2D eigenvalue weighted by Crippen LogP contribution is 2.08. The van der Waals surface area contributed by atoms with Gasteiger partial charge in [0.05, 0.1) is 38.8 Å². The smallest absolute Gasteiger partial charge is 0.243 e. The van der Waals surface area contributed by atoms with Crippen LogP contribution in [0.5, 0.6) is 0 Å². The van der Waals surface area contributed by atoms with Crippen molar-refractivity contribution >= 4 is 47.1 Å². The number of carbonyl (C=O) groups excluding carboxylic acids is 8. The fraction of sp³-hybridized carbons (Fsp3) is 0.750. The van der Waals surface area contributed by atoms with Crippen LogP contribution in [0, 0.1) is 0 Å². The van der Waals surface area contributed by atoms with E-state index in [1.54, 1.807) is 0 Å². The van der Waals surface area contributed by atoms with E-state index < -0.39 is 29.8 Å². The summed E-state index contributed by atoms with van der Waals surface area (Å²) >= 11 is 0. The predicted octanol–water partition coefficient (Wildman–Crippen LogP) is -3.99. The summed E-state index contributed by atoms with van der Waals surface area (Å²) in [7, 11) is 0. The molecule has 0 aliphatic heterocycles. The molecular formula is C32H61N11O8. The number of nitrogens with two attached hydrogens (primary N) is 4. The fourth-order valence-electron chi connectivity index (χ4n) is 4.83. The van der Waals surface area contributed by atoms with E-state index in [1.807, 2.05) is 6.92 Å². The summed E-state index contributed by atoms with van der Waals surface area (Å²) in [6.45, 7) is 2.00. The van der Waals surface area contributed by atoms with E-state index in [4.69, 9.17) is 22.9 Å². The summed E-state index contributed by atoms with van der Waals surface area (Å²) in [4.78, 5) is 96.5. The minimum atomic E-state index is -0.888. The van der Waals surface area contributed by atoms with Crippen molar-refractivity contribution in [3.05, 3.63) is 0 Å². The lowest BCUT2D eigenvalue weighted by Crippen LogP contribution is -2.51. The lowest BCUT2D eigenvalue weighted by molar-refractivity contribution is -0.130. The zero-order chi connectivity index (χ0) is 38.4. The van der Waals surface area contributed by atoms with Gasteiger partial charge in [0.15, 0.2) is 5.78 Å². The molecule has 19 heteroatoms. The molecule has 0 aromatic rings. The van der Waals surface area contributed by atoms with Crippen molar-refractivity contribution in [1.82, 2.24) is 37.2 Å². The molecule has 0 radical (unpaired) electrons. The molecule has 7 amide bonds. The Morgan fingerprint density at radius 1 is 0.471 bits per heavy atom. The molecule has 0 unspecified atom stereocenters. The topological polar surface area (TPSA) is 325 Å². The normalized spacial score (nSPS) is 12.4. The Kier molecular flexibility index (Phi) is 27.1. The van der Waals surface area contributed by atoms with Crippen LogP contribution in [-0.2, 0) is 38.4 Å². The summed E-state index contributed by atoms with van der Waals surface area (Å²) in [6, 6.07) is -1.82. The molecule has 3 atom stereocenters. The molecule has 0 aliphatic rings. The minimum absolute atomic E-state index is 0.0382. The van der Waals surface area contributed by atoms with Gasteiger partial charge in [-0.1, -0.05) is 6.92 Å². The van der Waals surface area contributed by atoms with Gasteiger partial charge in [-0.2, -0.15) is 0 Å². The number of unbranched alkanes of at least 4 members (excludes halogenated alkanes) is 3. The van der Waals surface area contributed by atoms with Gasteiger partial charge in [-0.15, -0.1) is 0 Å². The molecule has 0 aromatic heterocycles. The highest BCUT2D eigenvalue weighted by molar-refractivity contribution is 5.92. The lowest BCUT2D eigenvalue weighted by atomic mass is 10.0. The number of carbonyl (C=O) groups is 8. The van der Waals surface area contributed by atoms with Crippen LogP contribution in [0.4, 0.5) is 0 Å². The second-order valence-corrected chi connectivity index (χ2v) is 12.0. The van der Waals surface area contributed by atoms with Crippen molar-refractivity contribution in [3.8, 4) is 0 Å². The van der Waals surface area contributed by atoms with Crippen molar-refractivity contribution in [1.29, 1.82) is 0 Å². The van der Waals surface area contributed by atoms with E-state index >= 15 is 0 Å². The van der Waals surface area contributed by atoms with E-state index in [1.165, 1.54) is 0 Å². The first-order chi connectivity index (χ1) is 24.4. The predicted molar refractivity (Wildman–Crippen MR) is 190 cm³/mol. The number of hydrogen-bond acceptors (Lipinski definition) is 12. The van der Waals surface area contributed by atoms with E-state index in [0.29, 0.717) is 77.4 Å². The highest BCUT2D eigenvalue weighted by atomic mass is 16.2. The van der Waals surface area contributed by atoms with Gasteiger partial charge in [-0.3, -0.25) is 38.4 Å². The second kappa shape index (κ2) is 29.5. The van der Waals surface area contributed by atoms with Crippen LogP contribution in [0.1, 0.15) is 84.0 Å². The molecule has 292 valence electrons. The average Bonchev–Trinajstić information content (AvgIpc) is 3.13. The number of rotatable bonds is 30. The molecule has 0 aromatic carbocycles. The van der Waals surface area contributed by atoms with Crippen molar-refractivity contribution in [3.63, 3.8) is 0 Å². The quantitative estimate of drug-likeness (QED) is 0.0316. The first kappa shape index (κ1) is 46.8. The van der Waals surface area contributed by atoms with Crippen LogP contribution in [0.25, 0.3) is 0 Å². The van der Waals surface area contributed by atoms with Gasteiger partial charge >= 0.3 is 0 Å². The summed E-state index contributed by atoms with van der Waals surface area (Å²) < 4.78 is 0. The standard InChI is InChI=1S/C32H61N11O8/c1-2-22(41-31(50)21-40-32(51)24(43-30(49)20-36)11-5-8-16-39-28(47)18-34)9-3-6-14-37-26(45)13-12-25(44)23(42-29(48)19-35)10-4-7-15-38-27(46)17-33/h22-24H,2-21,33-36H2,1H3,(H,37,45)(H,38,46)(H,39,47)(H,40,51)(H,41,50)(H,42,48)(H,43,49)/t22-,23+,24-/m1/s1. The molecule has 0 rings (SSSR count). The molecule has 0 bridgehead atoms. The number of ketones is 1. The molecule has 0 spiro atoms. The Balaban J connectivity index is 4.51. The second-order valence-electron chi connectivity index (χ2n) is 12.0. The molecule has 51 heavy (non-hydrogen) atoms. The summed E-state index contributed by atoms with van der Waals surface area (Å²) in [6.07, 6.45) is 5.39. The highest BCUT2D eigenvalue weighted by Gasteiger charge is 2.22. The van der Waals surface area contributed by atoms with Gasteiger partial charge < -0.3 is 60.2 Å². The SMILES string of the molecule is CC[C@H](CCCCNC(=O)CCC(=O)[C@H](CCCCNC(=O)CN)NC(=O)CN)NC(=O)CNC(=O)[C@@H](CCCCNC(=O)CN)NC(=O)CN. The van der Waals surface area contributed by atoms with Crippen molar-refractivity contribution in [2.24, 2.45) is 22.9 Å². The third-order valence-electron chi connectivity index (χ3n) is 7.78. The van der Waals surface area contributed by atoms with E-state index in [9.17, 15) is 38.4 Å². The van der Waals surface area contributed by atoms with Gasteiger partial charge in [-0.25, -0.2) is 0 Å². The van der Waals surface area contributed by atoms with Crippen molar-refractivity contribution in [2.75, 3.05) is 52.4 Å². The van der Waals surface area contributed by atoms with Gasteiger partial charge in [-0.05, 0) is 64.2 Å². The first-order valence-electron chi connectivity index (χ1n) is 17.7. The molecule has 0 heterocycles. The monoisotopic (exact) mass is 727 g/mol. The van der Waals surface area contributed by atoms with Crippen LogP contribution in [-0.4, -0.2) is 118 Å². The maximum Gasteiger partial charge on any atom is 0.243 e. The van der Waals surface area contributed by atoms with E-state index in [2.05, 4.69) is 37.2 Å². The molecule has 15 N–H and O–H groups in total. The maximum absolute atomic E-state index is 12.7. The number of Topliss-reactive ketones (excluding diaryl/α,β-unsaturated/α-hetero) is 1. The van der Waals surface area contributed by atoms with Gasteiger partial charge in [0.2, 0.25) is 41.4 Å². The minimum Gasteiger partial charge on any atom is -0.356 e. The Morgan fingerprint density at radius 3 is 1.41 bits per heavy atom. The van der Waals surface area contributed by atoms with Gasteiger partial charge in [0, 0.05) is 38.5 Å². The largest absolute Gasteiger partial charge is 0.356 e. The van der Waals surface area contributed by atoms with Crippen LogP contribution in [0.3, 0.4) is 0 Å². The molecule has 0 saturated carbocycles. The van der Waals surface area contributed by atoms with Crippen LogP contribution >= 0.6 is 0 Å². The number of amides is 7. The molecule has 0 saturated heterocycles. The van der Waals surface area contributed by atoms with Crippen LogP contribution in [0.15, 0.2) is 0 Å². The Labute approximate surface area is 300 Å². The third kappa shape index (κ3) is 24.6. The summed E-state index contributed by atoms with van der Waals surface area (Å²) in [5, 5.41) is 18.6.